The molecule has 1 aliphatic heterocycles. The first-order chi connectivity index (χ1) is 15.5. The summed E-state index contributed by atoms with van der Waals surface area (Å²) in [5.41, 5.74) is 2.49. The van der Waals surface area contributed by atoms with Gasteiger partial charge in [-0.3, -0.25) is 9.36 Å². The third-order valence-corrected chi connectivity index (χ3v) is 6.73. The van der Waals surface area contributed by atoms with E-state index >= 15 is 0 Å². The van der Waals surface area contributed by atoms with Gasteiger partial charge < -0.3 is 15.0 Å². The van der Waals surface area contributed by atoms with E-state index in [1.54, 1.807) is 7.11 Å². The van der Waals surface area contributed by atoms with Crippen molar-refractivity contribution in [2.24, 2.45) is 0 Å². The number of aromatic nitrogens is 3. The molecule has 1 saturated heterocycles. The standard InChI is InChI=1S/C23H26ClN5O2S/c1-15-10-11-20(31-3)18(14-15)25-21(30)16(2)32-23-27-26-22(28-12-6-7-13-28)29(23)19-9-5-4-8-17(19)24/h4-5,8-11,14,16H,6-7,12-13H2,1-3H3,(H,25,30). The van der Waals surface area contributed by atoms with Crippen molar-refractivity contribution in [2.45, 2.75) is 37.1 Å². The van der Waals surface area contributed by atoms with Crippen molar-refractivity contribution in [3.63, 3.8) is 0 Å². The minimum atomic E-state index is -0.419. The van der Waals surface area contributed by atoms with E-state index in [2.05, 4.69) is 20.4 Å². The van der Waals surface area contributed by atoms with Crippen LogP contribution in [0.2, 0.25) is 5.02 Å². The summed E-state index contributed by atoms with van der Waals surface area (Å²) in [4.78, 5) is 15.2. The molecule has 0 saturated carbocycles. The first-order valence-electron chi connectivity index (χ1n) is 10.6. The van der Waals surface area contributed by atoms with Crippen molar-refractivity contribution in [1.82, 2.24) is 14.8 Å². The molecular weight excluding hydrogens is 446 g/mol. The van der Waals surface area contributed by atoms with Gasteiger partial charge in [-0.15, -0.1) is 10.2 Å². The van der Waals surface area contributed by atoms with Gasteiger partial charge in [0.1, 0.15) is 5.75 Å². The van der Waals surface area contributed by atoms with E-state index in [4.69, 9.17) is 16.3 Å². The Labute approximate surface area is 197 Å². The summed E-state index contributed by atoms with van der Waals surface area (Å²) in [5, 5.41) is 12.7. The summed E-state index contributed by atoms with van der Waals surface area (Å²) in [5.74, 6) is 1.23. The number of methoxy groups -OCH3 is 1. The molecular formula is C23H26ClN5O2S. The van der Waals surface area contributed by atoms with Crippen molar-refractivity contribution in [1.29, 1.82) is 0 Å². The van der Waals surface area contributed by atoms with Crippen LogP contribution in [-0.2, 0) is 4.79 Å². The molecule has 4 rings (SSSR count). The van der Waals surface area contributed by atoms with E-state index in [1.165, 1.54) is 11.8 Å². The Morgan fingerprint density at radius 2 is 1.94 bits per heavy atom. The van der Waals surface area contributed by atoms with E-state index in [1.807, 2.05) is 60.9 Å². The lowest BCUT2D eigenvalue weighted by Gasteiger charge is -2.20. The maximum atomic E-state index is 13.0. The fourth-order valence-electron chi connectivity index (χ4n) is 3.67. The molecule has 0 spiro atoms. The third kappa shape index (κ3) is 4.71. The van der Waals surface area contributed by atoms with Crippen molar-refractivity contribution >= 4 is 40.9 Å². The normalized spacial score (nSPS) is 14.4. The zero-order valence-electron chi connectivity index (χ0n) is 18.3. The number of carbonyl (C=O) groups excluding carboxylic acids is 1. The van der Waals surface area contributed by atoms with Crippen molar-refractivity contribution in [2.75, 3.05) is 30.4 Å². The number of nitrogens with zero attached hydrogens (tertiary/aromatic N) is 4. The van der Waals surface area contributed by atoms with Gasteiger partial charge in [0.2, 0.25) is 11.9 Å². The number of anilines is 2. The molecule has 1 aliphatic rings. The quantitative estimate of drug-likeness (QED) is 0.491. The summed E-state index contributed by atoms with van der Waals surface area (Å²) in [6, 6.07) is 13.3. The number of ether oxygens (including phenoxy) is 1. The average Bonchev–Trinajstić information content (AvgIpc) is 3.44. The molecule has 32 heavy (non-hydrogen) atoms. The highest BCUT2D eigenvalue weighted by molar-refractivity contribution is 8.00. The average molecular weight is 472 g/mol. The molecule has 1 fully saturated rings. The molecule has 2 heterocycles. The number of aryl methyl sites for hydroxylation is 1. The number of nitrogens with one attached hydrogen (secondary N) is 1. The number of benzene rings is 2. The van der Waals surface area contributed by atoms with Crippen LogP contribution in [0.25, 0.3) is 5.69 Å². The molecule has 7 nitrogen and oxygen atoms in total. The minimum Gasteiger partial charge on any atom is -0.495 e. The van der Waals surface area contributed by atoms with Gasteiger partial charge in [0.15, 0.2) is 5.16 Å². The summed E-state index contributed by atoms with van der Waals surface area (Å²) < 4.78 is 7.34. The zero-order valence-corrected chi connectivity index (χ0v) is 19.9. The number of thioether (sulfide) groups is 1. The number of halogens is 1. The molecule has 1 atom stereocenters. The van der Waals surface area contributed by atoms with Gasteiger partial charge in [0.25, 0.3) is 0 Å². The van der Waals surface area contributed by atoms with Crippen LogP contribution in [0.3, 0.4) is 0 Å². The van der Waals surface area contributed by atoms with E-state index in [9.17, 15) is 4.79 Å². The zero-order chi connectivity index (χ0) is 22.7. The van der Waals surface area contributed by atoms with E-state index in [0.717, 1.165) is 43.1 Å². The van der Waals surface area contributed by atoms with Crippen LogP contribution in [0.4, 0.5) is 11.6 Å². The maximum Gasteiger partial charge on any atom is 0.237 e. The second-order valence-corrected chi connectivity index (χ2v) is 9.43. The fraction of sp³-hybridized carbons (Fsp3) is 0.348. The van der Waals surface area contributed by atoms with Crippen LogP contribution in [-0.4, -0.2) is 46.1 Å². The van der Waals surface area contributed by atoms with Crippen molar-refractivity contribution in [3.05, 3.63) is 53.1 Å². The largest absolute Gasteiger partial charge is 0.495 e. The smallest absolute Gasteiger partial charge is 0.237 e. The monoisotopic (exact) mass is 471 g/mol. The van der Waals surface area contributed by atoms with E-state index in [0.29, 0.717) is 21.6 Å². The van der Waals surface area contributed by atoms with Gasteiger partial charge in [-0.05, 0) is 56.5 Å². The summed E-state index contributed by atoms with van der Waals surface area (Å²) >= 11 is 7.87. The Morgan fingerprint density at radius 3 is 2.66 bits per heavy atom. The summed E-state index contributed by atoms with van der Waals surface area (Å²) in [7, 11) is 1.59. The van der Waals surface area contributed by atoms with E-state index < -0.39 is 5.25 Å². The molecule has 9 heteroatoms. The Bertz CT molecular complexity index is 1110. The van der Waals surface area contributed by atoms with Crippen LogP contribution in [0.1, 0.15) is 25.3 Å². The molecule has 0 aliphatic carbocycles. The Kier molecular flexibility index (Phi) is 6.91. The molecule has 2 aromatic carbocycles. The third-order valence-electron chi connectivity index (χ3n) is 5.36. The molecule has 3 aromatic rings. The second-order valence-electron chi connectivity index (χ2n) is 7.72. The molecule has 0 radical (unpaired) electrons. The Hall–Kier alpha value is -2.71. The van der Waals surface area contributed by atoms with E-state index in [-0.39, 0.29) is 5.91 Å². The minimum absolute atomic E-state index is 0.143. The van der Waals surface area contributed by atoms with Gasteiger partial charge in [-0.1, -0.05) is 41.6 Å². The highest BCUT2D eigenvalue weighted by Gasteiger charge is 2.26. The molecule has 1 amide bonds. The van der Waals surface area contributed by atoms with Gasteiger partial charge >= 0.3 is 0 Å². The highest BCUT2D eigenvalue weighted by Crippen LogP contribution is 2.34. The Morgan fingerprint density at radius 1 is 1.19 bits per heavy atom. The number of para-hydroxylation sites is 1. The summed E-state index contributed by atoms with van der Waals surface area (Å²) in [6.07, 6.45) is 2.24. The second kappa shape index (κ2) is 9.83. The first kappa shape index (κ1) is 22.5. The van der Waals surface area contributed by atoms with Gasteiger partial charge in [-0.2, -0.15) is 0 Å². The van der Waals surface area contributed by atoms with Gasteiger partial charge in [-0.25, -0.2) is 0 Å². The number of hydrogen-bond donors (Lipinski definition) is 1. The number of carbonyl (C=O) groups is 1. The fourth-order valence-corrected chi connectivity index (χ4v) is 4.75. The van der Waals surface area contributed by atoms with Gasteiger partial charge in [0.05, 0.1) is 28.8 Å². The van der Waals surface area contributed by atoms with Gasteiger partial charge in [0, 0.05) is 13.1 Å². The SMILES string of the molecule is COc1ccc(C)cc1NC(=O)C(C)Sc1nnc(N2CCCC2)n1-c1ccccc1Cl. The lowest BCUT2D eigenvalue weighted by atomic mass is 10.2. The van der Waals surface area contributed by atoms with Crippen LogP contribution in [0.15, 0.2) is 47.6 Å². The molecule has 168 valence electrons. The molecule has 1 N–H and O–H groups in total. The molecule has 0 bridgehead atoms. The van der Waals surface area contributed by atoms with Crippen molar-refractivity contribution < 1.29 is 9.53 Å². The van der Waals surface area contributed by atoms with Crippen LogP contribution in [0, 0.1) is 6.92 Å². The van der Waals surface area contributed by atoms with Crippen LogP contribution in [0.5, 0.6) is 5.75 Å². The predicted octanol–water partition coefficient (Wildman–Crippen LogP) is 4.96. The van der Waals surface area contributed by atoms with Crippen LogP contribution < -0.4 is 15.0 Å². The predicted molar refractivity (Wildman–Crippen MR) is 129 cm³/mol. The highest BCUT2D eigenvalue weighted by atomic mass is 35.5. The first-order valence-corrected chi connectivity index (χ1v) is 11.8. The number of amides is 1. The van der Waals surface area contributed by atoms with Crippen LogP contribution >= 0.6 is 23.4 Å². The molecule has 1 aromatic heterocycles. The Balaban J connectivity index is 1.61. The van der Waals surface area contributed by atoms with Crippen molar-refractivity contribution in [3.8, 4) is 11.4 Å². The molecule has 1 unspecified atom stereocenters. The number of rotatable bonds is 7. The topological polar surface area (TPSA) is 72.3 Å². The lowest BCUT2D eigenvalue weighted by molar-refractivity contribution is -0.115. The maximum absolute atomic E-state index is 13.0. The lowest BCUT2D eigenvalue weighted by Crippen LogP contribution is -2.24. The summed E-state index contributed by atoms with van der Waals surface area (Å²) in [6.45, 7) is 5.68. The number of hydrogen-bond acceptors (Lipinski definition) is 6.